The molecule has 1 atom stereocenters. The van der Waals surface area contributed by atoms with Gasteiger partial charge in [0, 0.05) is 24.7 Å². The quantitative estimate of drug-likeness (QED) is 0.652. The highest BCUT2D eigenvalue weighted by molar-refractivity contribution is 7.90. The number of rotatable bonds is 5. The average Bonchev–Trinajstić information content (AvgIpc) is 3.08. The number of hydrogen-bond acceptors (Lipinski definition) is 3. The fraction of sp³-hybridized carbons (Fsp3) is 0.364. The third-order valence-corrected chi connectivity index (χ3v) is 7.32. The van der Waals surface area contributed by atoms with Gasteiger partial charge in [0.25, 0.3) is 10.0 Å². The maximum Gasteiger partial charge on any atom is 0.268 e. The smallest absolute Gasteiger partial charge is 0.268 e. The van der Waals surface area contributed by atoms with Crippen molar-refractivity contribution < 1.29 is 8.42 Å². The summed E-state index contributed by atoms with van der Waals surface area (Å²) in [6.07, 6.45) is 5.56. The van der Waals surface area contributed by atoms with Crippen LogP contribution in [0, 0.1) is 5.92 Å². The van der Waals surface area contributed by atoms with Gasteiger partial charge >= 0.3 is 0 Å². The van der Waals surface area contributed by atoms with Gasteiger partial charge in [-0.2, -0.15) is 0 Å². The predicted molar refractivity (Wildman–Crippen MR) is 109 cm³/mol. The van der Waals surface area contributed by atoms with Gasteiger partial charge in [0.15, 0.2) is 0 Å². The molecule has 1 fully saturated rings. The Labute approximate surface area is 161 Å². The molecule has 1 aliphatic rings. The number of hydrogen-bond donors (Lipinski definition) is 0. The van der Waals surface area contributed by atoms with Crippen LogP contribution in [-0.2, 0) is 16.6 Å². The molecule has 1 saturated heterocycles. The van der Waals surface area contributed by atoms with Crippen molar-refractivity contribution in [3.63, 3.8) is 0 Å². The van der Waals surface area contributed by atoms with Gasteiger partial charge in [-0.1, -0.05) is 49.7 Å². The van der Waals surface area contributed by atoms with Crippen LogP contribution in [0.5, 0.6) is 0 Å². The predicted octanol–water partition coefficient (Wildman–Crippen LogP) is 4.50. The van der Waals surface area contributed by atoms with E-state index in [1.165, 1.54) is 23.2 Å². The van der Waals surface area contributed by atoms with Gasteiger partial charge in [0.05, 0.1) is 10.4 Å². The number of aromatic nitrogens is 1. The second-order valence-electron chi connectivity index (χ2n) is 7.44. The number of benzene rings is 2. The van der Waals surface area contributed by atoms with Crippen molar-refractivity contribution in [2.75, 3.05) is 13.1 Å². The molecule has 5 heteroatoms. The van der Waals surface area contributed by atoms with E-state index in [2.05, 4.69) is 11.8 Å². The number of piperidine rings is 1. The zero-order valence-electron chi connectivity index (χ0n) is 15.7. The standard InChI is InChI=1S/C22H26N2O2S/c1-2-18-9-8-14-23(15-18)16-19-17-24(22-13-7-6-12-21(19)22)27(25,26)20-10-4-3-5-11-20/h3-7,10-13,17-18H,2,8-9,14-16H2,1H3. The van der Waals surface area contributed by atoms with Crippen LogP contribution < -0.4 is 0 Å². The summed E-state index contributed by atoms with van der Waals surface area (Å²) in [5, 5.41) is 1.02. The van der Waals surface area contributed by atoms with Crippen molar-refractivity contribution in [3.8, 4) is 0 Å². The monoisotopic (exact) mass is 382 g/mol. The van der Waals surface area contributed by atoms with Crippen molar-refractivity contribution >= 4 is 20.9 Å². The lowest BCUT2D eigenvalue weighted by Gasteiger charge is -2.32. The van der Waals surface area contributed by atoms with E-state index in [1.807, 2.05) is 36.5 Å². The first-order chi connectivity index (χ1) is 13.1. The molecule has 27 heavy (non-hydrogen) atoms. The maximum absolute atomic E-state index is 13.2. The molecule has 0 aliphatic carbocycles. The molecule has 4 nitrogen and oxygen atoms in total. The molecule has 0 N–H and O–H groups in total. The number of nitrogens with zero attached hydrogens (tertiary/aromatic N) is 2. The summed E-state index contributed by atoms with van der Waals surface area (Å²) in [4.78, 5) is 2.79. The third-order valence-electron chi connectivity index (χ3n) is 5.63. The minimum atomic E-state index is -3.60. The molecule has 0 saturated carbocycles. The summed E-state index contributed by atoms with van der Waals surface area (Å²) >= 11 is 0. The van der Waals surface area contributed by atoms with E-state index < -0.39 is 10.0 Å². The SMILES string of the molecule is CCC1CCCN(Cc2cn(S(=O)(=O)c3ccccc3)c3ccccc23)C1. The molecule has 1 aliphatic heterocycles. The summed E-state index contributed by atoms with van der Waals surface area (Å²) in [5.41, 5.74) is 1.84. The molecule has 2 heterocycles. The molecule has 0 amide bonds. The lowest BCUT2D eigenvalue weighted by atomic mass is 9.95. The Morgan fingerprint density at radius 1 is 1.04 bits per heavy atom. The van der Waals surface area contributed by atoms with Crippen molar-refractivity contribution in [1.29, 1.82) is 0 Å². The highest BCUT2D eigenvalue weighted by atomic mass is 32.2. The maximum atomic E-state index is 13.2. The Balaban J connectivity index is 1.74. The van der Waals surface area contributed by atoms with Crippen LogP contribution in [0.15, 0.2) is 65.7 Å². The lowest BCUT2D eigenvalue weighted by Crippen LogP contribution is -2.34. The summed E-state index contributed by atoms with van der Waals surface area (Å²) in [5.74, 6) is 0.750. The molecule has 4 rings (SSSR count). The molecule has 0 spiro atoms. The van der Waals surface area contributed by atoms with Crippen molar-refractivity contribution in [2.45, 2.75) is 37.6 Å². The molecule has 1 aromatic heterocycles. The van der Waals surface area contributed by atoms with Crippen LogP contribution >= 0.6 is 0 Å². The van der Waals surface area contributed by atoms with E-state index in [-0.39, 0.29) is 0 Å². The van der Waals surface area contributed by atoms with Gasteiger partial charge in [-0.25, -0.2) is 12.4 Å². The minimum absolute atomic E-state index is 0.321. The summed E-state index contributed by atoms with van der Waals surface area (Å²) in [7, 11) is -3.60. The van der Waals surface area contributed by atoms with E-state index in [4.69, 9.17) is 0 Å². The summed E-state index contributed by atoms with van der Waals surface area (Å²) in [6, 6.07) is 16.5. The largest absolute Gasteiger partial charge is 0.299 e. The van der Waals surface area contributed by atoms with Gasteiger partial charge in [-0.15, -0.1) is 0 Å². The Bertz CT molecular complexity index is 1020. The van der Waals surface area contributed by atoms with Gasteiger partial charge in [0.2, 0.25) is 0 Å². The fourth-order valence-corrected chi connectivity index (χ4v) is 5.53. The van der Waals surface area contributed by atoms with E-state index in [0.717, 1.165) is 42.0 Å². The van der Waals surface area contributed by atoms with Crippen LogP contribution in [-0.4, -0.2) is 30.4 Å². The topological polar surface area (TPSA) is 42.3 Å². The molecular formula is C22H26N2O2S. The van der Waals surface area contributed by atoms with Crippen LogP contribution in [0.3, 0.4) is 0 Å². The minimum Gasteiger partial charge on any atom is -0.299 e. The molecular weight excluding hydrogens is 356 g/mol. The summed E-state index contributed by atoms with van der Waals surface area (Å²) < 4.78 is 27.9. The van der Waals surface area contributed by atoms with Gasteiger partial charge in [0.1, 0.15) is 0 Å². The zero-order chi connectivity index (χ0) is 18.9. The van der Waals surface area contributed by atoms with E-state index in [0.29, 0.717) is 4.90 Å². The van der Waals surface area contributed by atoms with Crippen LogP contribution in [0.2, 0.25) is 0 Å². The Morgan fingerprint density at radius 3 is 2.56 bits per heavy atom. The molecule has 0 bridgehead atoms. The Morgan fingerprint density at radius 2 is 1.78 bits per heavy atom. The average molecular weight is 383 g/mol. The van der Waals surface area contributed by atoms with Gasteiger partial charge in [-0.3, -0.25) is 4.90 Å². The van der Waals surface area contributed by atoms with Gasteiger partial charge in [-0.05, 0) is 49.1 Å². The Kier molecular flexibility index (Phi) is 5.06. The van der Waals surface area contributed by atoms with Crippen molar-refractivity contribution in [3.05, 3.63) is 66.4 Å². The zero-order valence-corrected chi connectivity index (χ0v) is 16.5. The first-order valence-electron chi connectivity index (χ1n) is 9.71. The Hall–Kier alpha value is -2.11. The third kappa shape index (κ3) is 3.54. The first-order valence-corrected chi connectivity index (χ1v) is 11.2. The highest BCUT2D eigenvalue weighted by Crippen LogP contribution is 2.28. The molecule has 142 valence electrons. The molecule has 3 aromatic rings. The number of para-hydroxylation sites is 1. The van der Waals surface area contributed by atoms with E-state index >= 15 is 0 Å². The number of likely N-dealkylation sites (tertiary alicyclic amines) is 1. The summed E-state index contributed by atoms with van der Waals surface area (Å²) in [6.45, 7) is 5.24. The van der Waals surface area contributed by atoms with Crippen LogP contribution in [0.1, 0.15) is 31.7 Å². The molecule has 0 radical (unpaired) electrons. The fourth-order valence-electron chi connectivity index (χ4n) is 4.12. The van der Waals surface area contributed by atoms with Gasteiger partial charge < -0.3 is 0 Å². The normalized spacial score (nSPS) is 18.8. The van der Waals surface area contributed by atoms with Crippen molar-refractivity contribution in [2.24, 2.45) is 5.92 Å². The lowest BCUT2D eigenvalue weighted by molar-refractivity contribution is 0.165. The molecule has 2 aromatic carbocycles. The van der Waals surface area contributed by atoms with Crippen molar-refractivity contribution in [1.82, 2.24) is 8.87 Å². The van der Waals surface area contributed by atoms with E-state index in [1.54, 1.807) is 24.3 Å². The first kappa shape index (κ1) is 18.3. The number of fused-ring (bicyclic) bond motifs is 1. The molecule has 1 unspecified atom stereocenters. The van der Waals surface area contributed by atoms with E-state index in [9.17, 15) is 8.42 Å². The second-order valence-corrected chi connectivity index (χ2v) is 9.25. The second kappa shape index (κ2) is 7.49. The van der Waals surface area contributed by atoms with Crippen LogP contribution in [0.25, 0.3) is 10.9 Å². The van der Waals surface area contributed by atoms with Crippen LogP contribution in [0.4, 0.5) is 0 Å². The highest BCUT2D eigenvalue weighted by Gasteiger charge is 2.23.